The minimum Gasteiger partial charge on any atom is -0.267 e. The fourth-order valence-corrected chi connectivity index (χ4v) is 2.47. The first-order valence-electron chi connectivity index (χ1n) is 5.60. The van der Waals surface area contributed by atoms with Crippen molar-refractivity contribution in [3.05, 3.63) is 40.4 Å². The van der Waals surface area contributed by atoms with Gasteiger partial charge in [0.1, 0.15) is 6.34 Å². The molecule has 0 N–H and O–H groups in total. The average molecular weight is 233 g/mol. The molecule has 2 aromatic rings. The Labute approximate surface area is 102 Å². The summed E-state index contributed by atoms with van der Waals surface area (Å²) in [5.41, 5.74) is 1.46. The molecular weight excluding hydrogens is 226 g/mol. The monoisotopic (exact) mass is 233 g/mol. The molecule has 84 valence electrons. The van der Waals surface area contributed by atoms with Crippen molar-refractivity contribution in [2.24, 2.45) is 15.0 Å². The number of amides is 1. The zero-order valence-corrected chi connectivity index (χ0v) is 9.29. The highest BCUT2D eigenvalue weighted by Crippen LogP contribution is 2.25. The van der Waals surface area contributed by atoms with Gasteiger partial charge in [0.15, 0.2) is 0 Å². The summed E-state index contributed by atoms with van der Waals surface area (Å²) in [6, 6.07) is 7.73. The number of hydrogen-bond acceptors (Lipinski definition) is 3. The van der Waals surface area contributed by atoms with Crippen LogP contribution in [0.5, 0.6) is 0 Å². The van der Waals surface area contributed by atoms with Crippen LogP contribution >= 0.6 is 0 Å². The first-order chi connectivity index (χ1) is 8.86. The molecule has 0 saturated heterocycles. The molecule has 2 aliphatic rings. The maximum absolute atomic E-state index is 12.0. The predicted octanol–water partition coefficient (Wildman–Crippen LogP) is 1.14. The van der Waals surface area contributed by atoms with Crippen LogP contribution < -0.4 is 10.6 Å². The summed E-state index contributed by atoms with van der Waals surface area (Å²) in [5.74, 6) is -0.214. The quantitative estimate of drug-likeness (QED) is 0.673. The van der Waals surface area contributed by atoms with E-state index in [1.807, 2.05) is 30.3 Å². The molecule has 0 bridgehead atoms. The van der Waals surface area contributed by atoms with Crippen molar-refractivity contribution in [2.75, 3.05) is 0 Å². The van der Waals surface area contributed by atoms with Crippen molar-refractivity contribution in [1.82, 2.24) is 0 Å². The number of rotatable bonds is 0. The van der Waals surface area contributed by atoms with Crippen LogP contribution in [0.4, 0.5) is 5.69 Å². The Morgan fingerprint density at radius 1 is 1.00 bits per heavy atom. The van der Waals surface area contributed by atoms with E-state index in [1.54, 1.807) is 0 Å². The van der Waals surface area contributed by atoms with Gasteiger partial charge in [-0.15, -0.1) is 0 Å². The maximum atomic E-state index is 12.0. The van der Waals surface area contributed by atoms with Crippen molar-refractivity contribution < 1.29 is 4.79 Å². The Morgan fingerprint density at radius 3 is 2.72 bits per heavy atom. The van der Waals surface area contributed by atoms with Gasteiger partial charge in [-0.2, -0.15) is 0 Å². The molecule has 0 saturated carbocycles. The van der Waals surface area contributed by atoms with Crippen molar-refractivity contribution in [1.29, 1.82) is 0 Å². The highest BCUT2D eigenvalue weighted by molar-refractivity contribution is 6.17. The molecule has 0 aromatic heterocycles. The molecule has 0 unspecified atom stereocenters. The van der Waals surface area contributed by atoms with Gasteiger partial charge in [0.25, 0.3) is 5.91 Å². The number of hydrogen-bond donors (Lipinski definition) is 0. The normalized spacial score (nSPS) is 15.2. The molecule has 18 heavy (non-hydrogen) atoms. The summed E-state index contributed by atoms with van der Waals surface area (Å²) in [7, 11) is 0. The van der Waals surface area contributed by atoms with E-state index < -0.39 is 0 Å². The lowest BCUT2D eigenvalue weighted by atomic mass is 9.98. The lowest BCUT2D eigenvalue weighted by Crippen LogP contribution is -2.32. The van der Waals surface area contributed by atoms with Crippen LogP contribution in [-0.4, -0.2) is 18.5 Å². The minimum atomic E-state index is -0.214. The third-order valence-electron chi connectivity index (χ3n) is 3.22. The molecular formula is C14H7N3O. The van der Waals surface area contributed by atoms with E-state index in [0.29, 0.717) is 5.56 Å². The Bertz CT molecular complexity index is 891. The second-order valence-corrected chi connectivity index (χ2v) is 4.16. The van der Waals surface area contributed by atoms with Gasteiger partial charge in [0.05, 0.1) is 16.6 Å². The smallest absolute Gasteiger partial charge is 0.267 e. The summed E-state index contributed by atoms with van der Waals surface area (Å²) in [5, 5.41) is 3.42. The van der Waals surface area contributed by atoms with Gasteiger partial charge in [-0.3, -0.25) is 4.79 Å². The largest absolute Gasteiger partial charge is 0.278 e. The van der Waals surface area contributed by atoms with Gasteiger partial charge >= 0.3 is 0 Å². The number of carbonyl (C=O) groups is 1. The lowest BCUT2D eigenvalue weighted by Gasteiger charge is -2.08. The van der Waals surface area contributed by atoms with Gasteiger partial charge < -0.3 is 0 Å². The Hall–Kier alpha value is -2.62. The third kappa shape index (κ3) is 1.04. The maximum Gasteiger partial charge on any atom is 0.278 e. The molecule has 4 rings (SSSR count). The molecule has 4 nitrogen and oxygen atoms in total. The summed E-state index contributed by atoms with van der Waals surface area (Å²) < 4.78 is 0. The van der Waals surface area contributed by atoms with Gasteiger partial charge in [0, 0.05) is 16.8 Å². The van der Waals surface area contributed by atoms with Crippen LogP contribution in [0.3, 0.4) is 0 Å². The molecule has 0 aliphatic carbocycles. The number of nitrogens with zero attached hydrogens (tertiary/aromatic N) is 3. The lowest BCUT2D eigenvalue weighted by molar-refractivity contribution is 0.100. The van der Waals surface area contributed by atoms with Crippen molar-refractivity contribution in [2.45, 2.75) is 0 Å². The number of aliphatic imine (C=N–C) groups is 2. The number of carbonyl (C=O) groups excluding carboxylic acids is 1. The Morgan fingerprint density at radius 2 is 1.83 bits per heavy atom. The second-order valence-electron chi connectivity index (χ2n) is 4.16. The van der Waals surface area contributed by atoms with Crippen LogP contribution in [0.25, 0.3) is 16.8 Å². The highest BCUT2D eigenvalue weighted by atomic mass is 16.1. The zero-order chi connectivity index (χ0) is 12.1. The predicted molar refractivity (Wildman–Crippen MR) is 70.2 cm³/mol. The summed E-state index contributed by atoms with van der Waals surface area (Å²) in [6.45, 7) is 0. The van der Waals surface area contributed by atoms with Crippen molar-refractivity contribution in [3.63, 3.8) is 0 Å². The van der Waals surface area contributed by atoms with Crippen molar-refractivity contribution >= 4 is 41.0 Å². The van der Waals surface area contributed by atoms with E-state index in [0.717, 1.165) is 27.0 Å². The fourth-order valence-electron chi connectivity index (χ4n) is 2.47. The molecule has 2 heterocycles. The molecule has 2 aliphatic heterocycles. The number of fused-ring (bicyclic) bond motifs is 6. The van der Waals surface area contributed by atoms with Crippen LogP contribution in [-0.2, 0) is 0 Å². The Balaban J connectivity index is 2.40. The van der Waals surface area contributed by atoms with Gasteiger partial charge in [-0.1, -0.05) is 24.3 Å². The average Bonchev–Trinajstić information content (AvgIpc) is 2.88. The second kappa shape index (κ2) is 3.20. The van der Waals surface area contributed by atoms with Gasteiger partial charge in [-0.05, 0) is 11.5 Å². The molecule has 2 aromatic carbocycles. The molecule has 0 radical (unpaired) electrons. The SMILES string of the molecule is O=C1N=CC=c2c1c1ccccc1c1c2=NC=N1. The molecule has 1 amide bonds. The zero-order valence-electron chi connectivity index (χ0n) is 9.29. The topological polar surface area (TPSA) is 54.1 Å². The standard InChI is InChI=1S/C14H7N3O/c18-14-11-8-3-1-2-4-9(8)12-13(17-7-16-12)10(11)5-6-15-14/h1-7H. The van der Waals surface area contributed by atoms with E-state index in [4.69, 9.17) is 0 Å². The summed E-state index contributed by atoms with van der Waals surface area (Å²) in [4.78, 5) is 24.4. The molecule has 4 heteroatoms. The fraction of sp³-hybridized carbons (Fsp3) is 0. The molecule has 0 spiro atoms. The van der Waals surface area contributed by atoms with Crippen LogP contribution in [0.1, 0.15) is 10.4 Å². The van der Waals surface area contributed by atoms with Crippen LogP contribution in [0.2, 0.25) is 0 Å². The van der Waals surface area contributed by atoms with E-state index >= 15 is 0 Å². The van der Waals surface area contributed by atoms with Crippen LogP contribution in [0.15, 0.2) is 39.2 Å². The van der Waals surface area contributed by atoms with Crippen LogP contribution in [0, 0.1) is 0 Å². The number of benzene rings is 2. The van der Waals surface area contributed by atoms with E-state index in [2.05, 4.69) is 15.0 Å². The van der Waals surface area contributed by atoms with E-state index in [-0.39, 0.29) is 5.91 Å². The highest BCUT2D eigenvalue weighted by Gasteiger charge is 2.19. The first kappa shape index (κ1) is 9.41. The molecule has 0 atom stereocenters. The summed E-state index contributed by atoms with van der Waals surface area (Å²) in [6.07, 6.45) is 4.87. The minimum absolute atomic E-state index is 0.214. The van der Waals surface area contributed by atoms with Gasteiger partial charge in [0.2, 0.25) is 0 Å². The van der Waals surface area contributed by atoms with Crippen molar-refractivity contribution in [3.8, 4) is 0 Å². The van der Waals surface area contributed by atoms with E-state index in [1.165, 1.54) is 12.6 Å². The third-order valence-corrected chi connectivity index (χ3v) is 3.22. The van der Waals surface area contributed by atoms with E-state index in [9.17, 15) is 4.79 Å². The first-order valence-corrected chi connectivity index (χ1v) is 5.60. The van der Waals surface area contributed by atoms with Gasteiger partial charge in [-0.25, -0.2) is 15.0 Å². The Kier molecular flexibility index (Phi) is 1.67. The molecule has 0 fully saturated rings. The summed E-state index contributed by atoms with van der Waals surface area (Å²) >= 11 is 0.